The molecule has 7 nitrogen and oxygen atoms in total. The van der Waals surface area contributed by atoms with Gasteiger partial charge < -0.3 is 4.90 Å². The Morgan fingerprint density at radius 1 is 1.35 bits per heavy atom. The summed E-state index contributed by atoms with van der Waals surface area (Å²) in [6, 6.07) is 11.8. The van der Waals surface area contributed by atoms with Crippen molar-refractivity contribution >= 4 is 5.91 Å². The minimum Gasteiger partial charge on any atom is -0.333 e. The minimum absolute atomic E-state index is 0.0698. The largest absolute Gasteiger partial charge is 0.333 e. The lowest BCUT2D eigenvalue weighted by atomic mass is 10.1. The molecule has 1 aromatic heterocycles. The standard InChI is InChI=1S/C16H18N6O/c17-20-18-10-13-9-16(23)22(11-13)15(12-21-8-4-7-19-21)14-5-2-1-3-6-14/h1-8,13,15H,9-12H2. The fraction of sp³-hybridized carbons (Fsp3) is 0.375. The van der Waals surface area contributed by atoms with Gasteiger partial charge in [0.15, 0.2) is 0 Å². The molecule has 0 aliphatic carbocycles. The summed E-state index contributed by atoms with van der Waals surface area (Å²) in [4.78, 5) is 17.1. The van der Waals surface area contributed by atoms with Crippen molar-refractivity contribution in [1.29, 1.82) is 0 Å². The SMILES string of the molecule is [N-]=[N+]=NCC1CC(=O)N(C(Cn2cccn2)c2ccccc2)C1. The molecular formula is C16H18N6O. The number of carbonyl (C=O) groups is 1. The third-order valence-corrected chi connectivity index (χ3v) is 4.12. The van der Waals surface area contributed by atoms with Crippen LogP contribution in [0.15, 0.2) is 53.9 Å². The van der Waals surface area contributed by atoms with Crippen molar-refractivity contribution in [3.63, 3.8) is 0 Å². The Bertz CT molecular complexity index is 693. The van der Waals surface area contributed by atoms with E-state index in [0.717, 1.165) is 5.56 Å². The summed E-state index contributed by atoms with van der Waals surface area (Å²) in [5.74, 6) is 0.186. The highest BCUT2D eigenvalue weighted by molar-refractivity contribution is 5.79. The predicted molar refractivity (Wildman–Crippen MR) is 85.2 cm³/mol. The van der Waals surface area contributed by atoms with E-state index in [-0.39, 0.29) is 17.9 Å². The molecular weight excluding hydrogens is 292 g/mol. The molecule has 0 radical (unpaired) electrons. The molecule has 0 spiro atoms. The third-order valence-electron chi connectivity index (χ3n) is 4.12. The van der Waals surface area contributed by atoms with Gasteiger partial charge in [0, 0.05) is 36.8 Å². The van der Waals surface area contributed by atoms with Crippen LogP contribution in [0, 0.1) is 5.92 Å². The molecule has 0 bridgehead atoms. The van der Waals surface area contributed by atoms with Crippen molar-refractivity contribution in [2.45, 2.75) is 19.0 Å². The summed E-state index contributed by atoms with van der Waals surface area (Å²) in [6.45, 7) is 1.58. The fourth-order valence-corrected chi connectivity index (χ4v) is 3.03. The molecule has 1 saturated heterocycles. The number of benzene rings is 1. The van der Waals surface area contributed by atoms with Gasteiger partial charge in [-0.1, -0.05) is 35.4 Å². The molecule has 2 heterocycles. The Morgan fingerprint density at radius 2 is 2.17 bits per heavy atom. The number of likely N-dealkylation sites (tertiary alicyclic amines) is 1. The lowest BCUT2D eigenvalue weighted by molar-refractivity contribution is -0.130. The number of azide groups is 1. The predicted octanol–water partition coefficient (Wildman–Crippen LogP) is 2.78. The maximum absolute atomic E-state index is 12.5. The van der Waals surface area contributed by atoms with E-state index in [1.165, 1.54) is 0 Å². The first kappa shape index (κ1) is 15.1. The lowest BCUT2D eigenvalue weighted by Gasteiger charge is -2.28. The van der Waals surface area contributed by atoms with Gasteiger partial charge in [0.25, 0.3) is 0 Å². The molecule has 3 rings (SSSR count). The molecule has 1 aliphatic heterocycles. The average molecular weight is 310 g/mol. The molecule has 2 atom stereocenters. The van der Waals surface area contributed by atoms with Crippen LogP contribution in [0.4, 0.5) is 0 Å². The highest BCUT2D eigenvalue weighted by atomic mass is 16.2. The highest BCUT2D eigenvalue weighted by Crippen LogP contribution is 2.30. The Hall–Kier alpha value is -2.79. The first-order valence-corrected chi connectivity index (χ1v) is 7.60. The molecule has 1 amide bonds. The van der Waals surface area contributed by atoms with Crippen molar-refractivity contribution in [1.82, 2.24) is 14.7 Å². The summed E-state index contributed by atoms with van der Waals surface area (Å²) in [5.41, 5.74) is 9.55. The smallest absolute Gasteiger partial charge is 0.223 e. The summed E-state index contributed by atoms with van der Waals surface area (Å²) >= 11 is 0. The van der Waals surface area contributed by atoms with E-state index in [4.69, 9.17) is 5.53 Å². The number of amides is 1. The molecule has 2 unspecified atom stereocenters. The topological polar surface area (TPSA) is 86.9 Å². The van der Waals surface area contributed by atoms with Gasteiger partial charge in [-0.2, -0.15) is 5.10 Å². The molecule has 1 aromatic carbocycles. The fourth-order valence-electron chi connectivity index (χ4n) is 3.03. The maximum Gasteiger partial charge on any atom is 0.223 e. The lowest BCUT2D eigenvalue weighted by Crippen LogP contribution is -2.33. The van der Waals surface area contributed by atoms with Crippen molar-refractivity contribution in [2.75, 3.05) is 13.1 Å². The molecule has 0 N–H and O–H groups in total. The highest BCUT2D eigenvalue weighted by Gasteiger charge is 2.34. The molecule has 1 fully saturated rings. The van der Waals surface area contributed by atoms with E-state index < -0.39 is 0 Å². The van der Waals surface area contributed by atoms with Crippen LogP contribution in [0.25, 0.3) is 10.4 Å². The Labute approximate surface area is 134 Å². The number of hydrogen-bond donors (Lipinski definition) is 0. The molecule has 118 valence electrons. The Kier molecular flexibility index (Phi) is 4.59. The van der Waals surface area contributed by atoms with E-state index in [9.17, 15) is 4.79 Å². The van der Waals surface area contributed by atoms with E-state index >= 15 is 0 Å². The summed E-state index contributed by atoms with van der Waals surface area (Å²) in [5, 5.41) is 7.87. The Morgan fingerprint density at radius 3 is 2.87 bits per heavy atom. The van der Waals surface area contributed by atoms with E-state index in [2.05, 4.69) is 15.1 Å². The number of rotatable bonds is 6. The van der Waals surface area contributed by atoms with Gasteiger partial charge in [0.2, 0.25) is 5.91 Å². The molecule has 7 heteroatoms. The second-order valence-electron chi connectivity index (χ2n) is 5.68. The van der Waals surface area contributed by atoms with E-state index in [1.54, 1.807) is 6.20 Å². The first-order chi connectivity index (χ1) is 11.3. The van der Waals surface area contributed by atoms with Crippen molar-refractivity contribution in [2.24, 2.45) is 11.0 Å². The second-order valence-corrected chi connectivity index (χ2v) is 5.68. The van der Waals surface area contributed by atoms with Crippen LogP contribution in [0.3, 0.4) is 0 Å². The monoisotopic (exact) mass is 310 g/mol. The average Bonchev–Trinajstić information content (AvgIpc) is 3.21. The summed E-state index contributed by atoms with van der Waals surface area (Å²) in [6.07, 6.45) is 4.06. The van der Waals surface area contributed by atoms with Crippen LogP contribution < -0.4 is 0 Å². The zero-order valence-electron chi connectivity index (χ0n) is 12.7. The summed E-state index contributed by atoms with van der Waals surface area (Å²) in [7, 11) is 0. The van der Waals surface area contributed by atoms with Crippen molar-refractivity contribution < 1.29 is 4.79 Å². The Balaban J connectivity index is 1.83. The van der Waals surface area contributed by atoms with Crippen LogP contribution >= 0.6 is 0 Å². The van der Waals surface area contributed by atoms with Crippen LogP contribution in [-0.4, -0.2) is 33.7 Å². The summed E-state index contributed by atoms with van der Waals surface area (Å²) < 4.78 is 1.84. The normalized spacial score (nSPS) is 18.7. The van der Waals surface area contributed by atoms with E-state index in [0.29, 0.717) is 26.1 Å². The van der Waals surface area contributed by atoms with Gasteiger partial charge in [-0.15, -0.1) is 0 Å². The van der Waals surface area contributed by atoms with Gasteiger partial charge in [-0.3, -0.25) is 9.48 Å². The maximum atomic E-state index is 12.5. The van der Waals surface area contributed by atoms with Gasteiger partial charge in [0.1, 0.15) is 0 Å². The quantitative estimate of drug-likeness (QED) is 0.466. The molecule has 1 aliphatic rings. The van der Waals surface area contributed by atoms with Gasteiger partial charge in [0.05, 0.1) is 12.6 Å². The molecule has 2 aromatic rings. The van der Waals surface area contributed by atoms with Gasteiger partial charge >= 0.3 is 0 Å². The molecule has 0 saturated carbocycles. The zero-order chi connectivity index (χ0) is 16.1. The van der Waals surface area contributed by atoms with Crippen LogP contribution in [0.2, 0.25) is 0 Å². The van der Waals surface area contributed by atoms with E-state index in [1.807, 2.05) is 52.2 Å². The second kappa shape index (κ2) is 6.98. The van der Waals surface area contributed by atoms with Crippen molar-refractivity contribution in [3.8, 4) is 0 Å². The van der Waals surface area contributed by atoms with Crippen LogP contribution in [0.1, 0.15) is 18.0 Å². The van der Waals surface area contributed by atoms with Crippen LogP contribution in [-0.2, 0) is 11.3 Å². The number of hydrogen-bond acceptors (Lipinski definition) is 3. The zero-order valence-corrected chi connectivity index (χ0v) is 12.7. The number of carbonyl (C=O) groups excluding carboxylic acids is 1. The minimum atomic E-state index is -0.0698. The first-order valence-electron chi connectivity index (χ1n) is 7.60. The van der Waals surface area contributed by atoms with Gasteiger partial charge in [-0.25, -0.2) is 0 Å². The van der Waals surface area contributed by atoms with Crippen LogP contribution in [0.5, 0.6) is 0 Å². The molecule has 23 heavy (non-hydrogen) atoms. The number of nitrogens with zero attached hydrogens (tertiary/aromatic N) is 6. The van der Waals surface area contributed by atoms with Crippen molar-refractivity contribution in [3.05, 3.63) is 64.8 Å². The number of aromatic nitrogens is 2. The van der Waals surface area contributed by atoms with Gasteiger partial charge in [-0.05, 0) is 23.1 Å². The third kappa shape index (κ3) is 3.52.